The molecule has 6 heteroatoms. The quantitative estimate of drug-likeness (QED) is 0.729. The number of methoxy groups -OCH3 is 1. The molecule has 0 aromatic carbocycles. The fraction of sp³-hybridized carbons (Fsp3) is 0.875. The number of carbonyl (C=O) groups is 2. The third-order valence-corrected chi connectivity index (χ3v) is 4.32. The molecule has 0 saturated carbocycles. The zero-order chi connectivity index (χ0) is 16.3. The van der Waals surface area contributed by atoms with Crippen molar-refractivity contribution in [2.24, 2.45) is 5.92 Å². The summed E-state index contributed by atoms with van der Waals surface area (Å²) in [7, 11) is 1.45. The highest BCUT2D eigenvalue weighted by Crippen LogP contribution is 2.25. The number of nitrogens with zero attached hydrogens (tertiary/aromatic N) is 2. The Labute approximate surface area is 132 Å². The van der Waals surface area contributed by atoms with Crippen molar-refractivity contribution in [1.82, 2.24) is 9.80 Å². The maximum Gasteiger partial charge on any atom is 0.410 e. The zero-order valence-electron chi connectivity index (χ0n) is 14.1. The number of esters is 1. The molecule has 2 aliphatic heterocycles. The standard InChI is InChI=1S/C16H28N2O4/c1-16(2,3)22-15(20)18-9-7-13(11-18)17-8-5-6-12(10-17)14(19)21-4/h12-13H,5-11H2,1-4H3/t12-,13+/m0/s1. The van der Waals surface area contributed by atoms with Crippen LogP contribution >= 0.6 is 0 Å². The summed E-state index contributed by atoms with van der Waals surface area (Å²) >= 11 is 0. The normalized spacial score (nSPS) is 26.8. The first kappa shape index (κ1) is 17.1. The van der Waals surface area contributed by atoms with E-state index in [9.17, 15) is 9.59 Å². The number of ether oxygens (including phenoxy) is 2. The Morgan fingerprint density at radius 1 is 1.09 bits per heavy atom. The van der Waals surface area contributed by atoms with Crippen LogP contribution in [0.1, 0.15) is 40.0 Å². The molecule has 2 saturated heterocycles. The van der Waals surface area contributed by atoms with Gasteiger partial charge >= 0.3 is 12.1 Å². The molecule has 6 nitrogen and oxygen atoms in total. The van der Waals surface area contributed by atoms with Gasteiger partial charge in [-0.25, -0.2) is 4.79 Å². The third-order valence-electron chi connectivity index (χ3n) is 4.32. The van der Waals surface area contributed by atoms with E-state index in [-0.39, 0.29) is 18.0 Å². The summed E-state index contributed by atoms with van der Waals surface area (Å²) in [5.41, 5.74) is -0.462. The first-order valence-electron chi connectivity index (χ1n) is 8.10. The van der Waals surface area contributed by atoms with Crippen LogP contribution in [0, 0.1) is 5.92 Å². The Hall–Kier alpha value is -1.30. The van der Waals surface area contributed by atoms with Gasteiger partial charge in [0.1, 0.15) is 5.60 Å². The number of likely N-dealkylation sites (tertiary alicyclic amines) is 2. The van der Waals surface area contributed by atoms with Gasteiger partial charge in [-0.05, 0) is 46.6 Å². The van der Waals surface area contributed by atoms with Crippen LogP contribution in [-0.2, 0) is 14.3 Å². The van der Waals surface area contributed by atoms with Crippen LogP contribution in [0.3, 0.4) is 0 Å². The number of hydrogen-bond acceptors (Lipinski definition) is 5. The lowest BCUT2D eigenvalue weighted by Gasteiger charge is -2.35. The number of hydrogen-bond donors (Lipinski definition) is 0. The van der Waals surface area contributed by atoms with E-state index in [4.69, 9.17) is 9.47 Å². The van der Waals surface area contributed by atoms with Crippen molar-refractivity contribution in [3.63, 3.8) is 0 Å². The summed E-state index contributed by atoms with van der Waals surface area (Å²) in [5, 5.41) is 0. The highest BCUT2D eigenvalue weighted by atomic mass is 16.6. The van der Waals surface area contributed by atoms with Gasteiger partial charge in [-0.1, -0.05) is 0 Å². The third kappa shape index (κ3) is 4.35. The summed E-state index contributed by atoms with van der Waals surface area (Å²) < 4.78 is 10.3. The first-order chi connectivity index (χ1) is 10.3. The molecule has 0 bridgehead atoms. The maximum absolute atomic E-state index is 12.1. The Kier molecular flexibility index (Phi) is 5.32. The zero-order valence-corrected chi connectivity index (χ0v) is 14.1. The first-order valence-corrected chi connectivity index (χ1v) is 8.10. The van der Waals surface area contributed by atoms with Crippen molar-refractivity contribution in [2.45, 2.75) is 51.7 Å². The second-order valence-electron chi connectivity index (χ2n) is 7.23. The molecule has 0 aromatic rings. The summed E-state index contributed by atoms with van der Waals surface area (Å²) in [4.78, 5) is 27.9. The molecule has 0 N–H and O–H groups in total. The minimum atomic E-state index is -0.462. The number of amides is 1. The van der Waals surface area contributed by atoms with E-state index >= 15 is 0 Å². The van der Waals surface area contributed by atoms with Crippen molar-refractivity contribution in [2.75, 3.05) is 33.3 Å². The fourth-order valence-electron chi connectivity index (χ4n) is 3.23. The van der Waals surface area contributed by atoms with Gasteiger partial charge in [0, 0.05) is 25.7 Å². The molecule has 2 rings (SSSR count). The molecule has 0 radical (unpaired) electrons. The van der Waals surface area contributed by atoms with E-state index in [2.05, 4.69) is 4.90 Å². The van der Waals surface area contributed by atoms with Gasteiger partial charge in [0.2, 0.25) is 0 Å². The molecule has 2 aliphatic rings. The molecule has 0 aliphatic carbocycles. The fourth-order valence-corrected chi connectivity index (χ4v) is 3.23. The number of piperidine rings is 1. The molecule has 2 atom stereocenters. The Morgan fingerprint density at radius 3 is 2.45 bits per heavy atom. The molecule has 2 heterocycles. The van der Waals surface area contributed by atoms with Gasteiger partial charge in [0.25, 0.3) is 0 Å². The van der Waals surface area contributed by atoms with E-state index in [0.29, 0.717) is 12.6 Å². The van der Waals surface area contributed by atoms with Gasteiger partial charge in [0.05, 0.1) is 13.0 Å². The highest BCUT2D eigenvalue weighted by Gasteiger charge is 2.36. The molecular weight excluding hydrogens is 284 g/mol. The van der Waals surface area contributed by atoms with Crippen LogP contribution in [0.15, 0.2) is 0 Å². The second kappa shape index (κ2) is 6.86. The van der Waals surface area contributed by atoms with Crippen molar-refractivity contribution in [3.8, 4) is 0 Å². The molecule has 126 valence electrons. The van der Waals surface area contributed by atoms with Gasteiger partial charge in [-0.3, -0.25) is 9.69 Å². The van der Waals surface area contributed by atoms with Gasteiger partial charge in [-0.15, -0.1) is 0 Å². The Balaban J connectivity index is 1.87. The lowest BCUT2D eigenvalue weighted by Crippen LogP contribution is -2.46. The summed E-state index contributed by atoms with van der Waals surface area (Å²) in [5.74, 6) is -0.152. The smallest absolute Gasteiger partial charge is 0.410 e. The molecular formula is C16H28N2O4. The van der Waals surface area contributed by atoms with Crippen LogP contribution in [0.5, 0.6) is 0 Å². The average molecular weight is 312 g/mol. The van der Waals surface area contributed by atoms with Crippen molar-refractivity contribution in [3.05, 3.63) is 0 Å². The van der Waals surface area contributed by atoms with Crippen LogP contribution in [0.4, 0.5) is 4.79 Å². The average Bonchev–Trinajstić information content (AvgIpc) is 2.95. The van der Waals surface area contributed by atoms with Crippen molar-refractivity contribution < 1.29 is 19.1 Å². The minimum Gasteiger partial charge on any atom is -0.469 e. The lowest BCUT2D eigenvalue weighted by molar-refractivity contribution is -0.147. The van der Waals surface area contributed by atoms with E-state index in [1.165, 1.54) is 7.11 Å². The largest absolute Gasteiger partial charge is 0.469 e. The highest BCUT2D eigenvalue weighted by molar-refractivity contribution is 5.72. The predicted molar refractivity (Wildman–Crippen MR) is 82.5 cm³/mol. The predicted octanol–water partition coefficient (Wildman–Crippen LogP) is 1.88. The van der Waals surface area contributed by atoms with Gasteiger partial charge in [-0.2, -0.15) is 0 Å². The van der Waals surface area contributed by atoms with Crippen molar-refractivity contribution >= 4 is 12.1 Å². The monoisotopic (exact) mass is 312 g/mol. The second-order valence-corrected chi connectivity index (χ2v) is 7.23. The topological polar surface area (TPSA) is 59.1 Å². The van der Waals surface area contributed by atoms with Crippen LogP contribution in [-0.4, -0.2) is 66.8 Å². The minimum absolute atomic E-state index is 0.0330. The van der Waals surface area contributed by atoms with Crippen LogP contribution in [0.2, 0.25) is 0 Å². The Morgan fingerprint density at radius 2 is 1.82 bits per heavy atom. The van der Waals surface area contributed by atoms with Gasteiger partial charge in [0.15, 0.2) is 0 Å². The summed E-state index contributed by atoms with van der Waals surface area (Å²) in [6.45, 7) is 8.76. The molecule has 0 unspecified atom stereocenters. The lowest BCUT2D eigenvalue weighted by atomic mass is 9.96. The molecule has 1 amide bonds. The molecule has 2 fully saturated rings. The van der Waals surface area contributed by atoms with Gasteiger partial charge < -0.3 is 14.4 Å². The number of carbonyl (C=O) groups excluding carboxylic acids is 2. The SMILES string of the molecule is COC(=O)[C@H]1CCCN([C@@H]2CCN(C(=O)OC(C)(C)C)C2)C1. The van der Waals surface area contributed by atoms with E-state index in [1.807, 2.05) is 20.8 Å². The maximum atomic E-state index is 12.1. The van der Waals surface area contributed by atoms with Crippen LogP contribution < -0.4 is 0 Å². The molecule has 0 aromatic heterocycles. The van der Waals surface area contributed by atoms with E-state index in [0.717, 1.165) is 38.9 Å². The summed E-state index contributed by atoms with van der Waals surface area (Å²) in [6.07, 6.45) is 2.60. The number of rotatable bonds is 2. The Bertz CT molecular complexity index is 419. The van der Waals surface area contributed by atoms with Crippen molar-refractivity contribution in [1.29, 1.82) is 0 Å². The molecule has 22 heavy (non-hydrogen) atoms. The molecule has 0 spiro atoms. The summed E-state index contributed by atoms with van der Waals surface area (Å²) in [6, 6.07) is 0.319. The van der Waals surface area contributed by atoms with E-state index in [1.54, 1.807) is 4.90 Å². The van der Waals surface area contributed by atoms with Crippen LogP contribution in [0.25, 0.3) is 0 Å². The van der Waals surface area contributed by atoms with E-state index < -0.39 is 5.60 Å².